The number of halogens is 2. The van der Waals surface area contributed by atoms with E-state index in [0.717, 1.165) is 16.8 Å². The Morgan fingerprint density at radius 1 is 1.21 bits per heavy atom. The molecule has 0 bridgehead atoms. The van der Waals surface area contributed by atoms with Crippen LogP contribution in [-0.4, -0.2) is 19.7 Å². The van der Waals surface area contributed by atoms with Crippen LogP contribution < -0.4 is 5.73 Å². The lowest BCUT2D eigenvalue weighted by atomic mass is 10.4. The largest absolute Gasteiger partial charge is 0.366 e. The molecule has 2 rings (SSSR count). The lowest BCUT2D eigenvalue weighted by Crippen LogP contribution is -1.99. The summed E-state index contributed by atoms with van der Waals surface area (Å²) in [7, 11) is 0. The van der Waals surface area contributed by atoms with Gasteiger partial charge in [0.05, 0.1) is 5.69 Å². The Kier molecular flexibility index (Phi) is 1.84. The fourth-order valence-electron chi connectivity index (χ4n) is 0.985. The molecule has 14 heavy (non-hydrogen) atoms. The summed E-state index contributed by atoms with van der Waals surface area (Å²) in [6.07, 6.45) is 1.25. The molecule has 2 heterocycles. The van der Waals surface area contributed by atoms with Gasteiger partial charge < -0.3 is 5.73 Å². The van der Waals surface area contributed by atoms with Gasteiger partial charge in [0, 0.05) is 12.1 Å². The maximum atomic E-state index is 12.7. The monoisotopic (exact) mass is 197 g/mol. The highest BCUT2D eigenvalue weighted by molar-refractivity contribution is 5.29. The van der Waals surface area contributed by atoms with Crippen molar-refractivity contribution in [1.29, 1.82) is 0 Å². The van der Waals surface area contributed by atoms with E-state index in [1.54, 1.807) is 0 Å². The van der Waals surface area contributed by atoms with Gasteiger partial charge in [-0.2, -0.15) is 13.8 Å². The summed E-state index contributed by atoms with van der Waals surface area (Å²) in [5, 5.41) is 3.69. The summed E-state index contributed by atoms with van der Waals surface area (Å²) in [6.45, 7) is 0. The molecule has 0 aliphatic carbocycles. The average Bonchev–Trinajstić information content (AvgIpc) is 2.50. The van der Waals surface area contributed by atoms with E-state index in [4.69, 9.17) is 5.73 Å². The van der Waals surface area contributed by atoms with Gasteiger partial charge in [-0.1, -0.05) is 0 Å². The van der Waals surface area contributed by atoms with Crippen molar-refractivity contribution in [3.8, 4) is 5.69 Å². The summed E-state index contributed by atoms with van der Waals surface area (Å²) in [5.41, 5.74) is 5.43. The predicted molar refractivity (Wildman–Crippen MR) is 43.5 cm³/mol. The molecule has 7 heteroatoms. The lowest BCUT2D eigenvalue weighted by molar-refractivity contribution is 0.510. The first-order chi connectivity index (χ1) is 6.65. The van der Waals surface area contributed by atoms with E-state index in [9.17, 15) is 8.78 Å². The average molecular weight is 197 g/mol. The van der Waals surface area contributed by atoms with Crippen LogP contribution in [0.5, 0.6) is 0 Å². The van der Waals surface area contributed by atoms with E-state index in [1.807, 2.05) is 0 Å². The standard InChI is InChI=1S/C7H5F2N5/c8-5-1-4(2-6(9)12-5)14-3-11-7(10)13-14/h1-3H,(H2,10,13). The number of rotatable bonds is 1. The molecule has 0 amide bonds. The molecule has 0 aromatic carbocycles. The number of aromatic nitrogens is 4. The third kappa shape index (κ3) is 1.51. The van der Waals surface area contributed by atoms with Crippen LogP contribution in [0.15, 0.2) is 18.5 Å². The second kappa shape index (κ2) is 3.02. The zero-order valence-electron chi connectivity index (χ0n) is 6.85. The van der Waals surface area contributed by atoms with Gasteiger partial charge in [0.15, 0.2) is 0 Å². The molecular weight excluding hydrogens is 192 g/mol. The minimum absolute atomic E-state index is 0.0302. The van der Waals surface area contributed by atoms with Crippen molar-refractivity contribution in [2.45, 2.75) is 0 Å². The van der Waals surface area contributed by atoms with Gasteiger partial charge >= 0.3 is 0 Å². The molecule has 0 saturated carbocycles. The number of nitrogens with zero attached hydrogens (tertiary/aromatic N) is 4. The molecule has 0 fully saturated rings. The van der Waals surface area contributed by atoms with Gasteiger partial charge in [-0.3, -0.25) is 0 Å². The highest BCUT2D eigenvalue weighted by atomic mass is 19.1. The number of anilines is 1. The van der Waals surface area contributed by atoms with Crippen LogP contribution in [0.25, 0.3) is 5.69 Å². The Morgan fingerprint density at radius 2 is 1.86 bits per heavy atom. The third-order valence-electron chi connectivity index (χ3n) is 1.52. The van der Waals surface area contributed by atoms with Crippen LogP contribution in [0.3, 0.4) is 0 Å². The van der Waals surface area contributed by atoms with Crippen molar-refractivity contribution in [2.75, 3.05) is 5.73 Å². The molecule has 0 saturated heterocycles. The summed E-state index contributed by atoms with van der Waals surface area (Å²) in [5.74, 6) is -1.81. The Morgan fingerprint density at radius 3 is 2.36 bits per heavy atom. The van der Waals surface area contributed by atoms with Crippen molar-refractivity contribution in [3.63, 3.8) is 0 Å². The highest BCUT2D eigenvalue weighted by Gasteiger charge is 2.05. The van der Waals surface area contributed by atoms with Crippen molar-refractivity contribution >= 4 is 5.95 Å². The molecule has 0 spiro atoms. The number of hydrogen-bond donors (Lipinski definition) is 1. The molecule has 5 nitrogen and oxygen atoms in total. The van der Waals surface area contributed by atoms with Gasteiger partial charge in [-0.05, 0) is 0 Å². The van der Waals surface area contributed by atoms with Gasteiger partial charge in [0.1, 0.15) is 6.33 Å². The van der Waals surface area contributed by atoms with E-state index in [2.05, 4.69) is 15.1 Å². The minimum Gasteiger partial charge on any atom is -0.366 e. The number of pyridine rings is 1. The van der Waals surface area contributed by atoms with Crippen LogP contribution in [-0.2, 0) is 0 Å². The number of nitrogen functional groups attached to an aromatic ring is 1. The van der Waals surface area contributed by atoms with Crippen molar-refractivity contribution in [1.82, 2.24) is 19.7 Å². The molecule has 2 aromatic heterocycles. The molecule has 0 radical (unpaired) electrons. The van der Waals surface area contributed by atoms with Crippen LogP contribution >= 0.6 is 0 Å². The second-order valence-electron chi connectivity index (χ2n) is 2.52. The lowest BCUT2D eigenvalue weighted by Gasteiger charge is -1.99. The molecule has 0 unspecified atom stereocenters. The van der Waals surface area contributed by atoms with E-state index >= 15 is 0 Å². The maximum absolute atomic E-state index is 12.7. The zero-order valence-corrected chi connectivity index (χ0v) is 6.85. The molecule has 0 aliphatic heterocycles. The molecule has 72 valence electrons. The second-order valence-corrected chi connectivity index (χ2v) is 2.52. The topological polar surface area (TPSA) is 69.6 Å². The molecule has 0 atom stereocenters. The van der Waals surface area contributed by atoms with E-state index in [0.29, 0.717) is 0 Å². The van der Waals surface area contributed by atoms with E-state index in [-0.39, 0.29) is 11.6 Å². The highest BCUT2D eigenvalue weighted by Crippen LogP contribution is 2.08. The zero-order chi connectivity index (χ0) is 10.1. The quantitative estimate of drug-likeness (QED) is 0.676. The first-order valence-corrected chi connectivity index (χ1v) is 3.66. The Bertz CT molecular complexity index is 447. The van der Waals surface area contributed by atoms with E-state index in [1.165, 1.54) is 6.33 Å². The van der Waals surface area contributed by atoms with Gasteiger partial charge in [0.25, 0.3) is 0 Å². The molecular formula is C7H5F2N5. The summed E-state index contributed by atoms with van der Waals surface area (Å²) in [6, 6.07) is 2.05. The fourth-order valence-corrected chi connectivity index (χ4v) is 0.985. The van der Waals surface area contributed by atoms with Crippen LogP contribution in [0, 0.1) is 11.9 Å². The number of hydrogen-bond acceptors (Lipinski definition) is 4. The van der Waals surface area contributed by atoms with Gasteiger partial charge in [-0.25, -0.2) is 9.67 Å². The summed E-state index contributed by atoms with van der Waals surface area (Å²) in [4.78, 5) is 6.56. The SMILES string of the molecule is Nc1ncn(-c2cc(F)nc(F)c2)n1. The maximum Gasteiger partial charge on any atom is 0.239 e. The predicted octanol–water partition coefficient (Wildman–Crippen LogP) is 0.523. The van der Waals surface area contributed by atoms with Crippen LogP contribution in [0.1, 0.15) is 0 Å². The Labute approximate surface area is 77.2 Å². The minimum atomic E-state index is -0.922. The van der Waals surface area contributed by atoms with Crippen molar-refractivity contribution in [2.24, 2.45) is 0 Å². The van der Waals surface area contributed by atoms with Crippen molar-refractivity contribution < 1.29 is 8.78 Å². The van der Waals surface area contributed by atoms with Gasteiger partial charge in [0.2, 0.25) is 17.8 Å². The van der Waals surface area contributed by atoms with Gasteiger partial charge in [-0.15, -0.1) is 5.10 Å². The Balaban J connectivity index is 2.51. The number of nitrogens with two attached hydrogens (primary N) is 1. The smallest absolute Gasteiger partial charge is 0.239 e. The summed E-state index contributed by atoms with van der Waals surface area (Å²) < 4.78 is 26.5. The fraction of sp³-hybridized carbons (Fsp3) is 0. The first kappa shape index (κ1) is 8.54. The Hall–Kier alpha value is -2.05. The summed E-state index contributed by atoms with van der Waals surface area (Å²) >= 11 is 0. The first-order valence-electron chi connectivity index (χ1n) is 3.66. The van der Waals surface area contributed by atoms with Crippen LogP contribution in [0.4, 0.5) is 14.7 Å². The van der Waals surface area contributed by atoms with Crippen molar-refractivity contribution in [3.05, 3.63) is 30.4 Å². The van der Waals surface area contributed by atoms with E-state index < -0.39 is 11.9 Å². The normalized spacial score (nSPS) is 10.4. The molecule has 0 aliphatic rings. The van der Waals surface area contributed by atoms with Crippen LogP contribution in [0.2, 0.25) is 0 Å². The third-order valence-corrected chi connectivity index (χ3v) is 1.52. The molecule has 2 aromatic rings. The molecule has 2 N–H and O–H groups in total.